The van der Waals surface area contributed by atoms with Gasteiger partial charge in [0.25, 0.3) is 0 Å². The van der Waals surface area contributed by atoms with Crippen molar-refractivity contribution in [2.75, 3.05) is 23.3 Å². The lowest BCUT2D eigenvalue weighted by Crippen LogP contribution is -2.27. The summed E-state index contributed by atoms with van der Waals surface area (Å²) in [5.41, 5.74) is 1.89. The molecule has 3 rings (SSSR count). The van der Waals surface area contributed by atoms with E-state index in [-0.39, 0.29) is 23.7 Å². The molecule has 2 unspecified atom stereocenters. The largest absolute Gasteiger partial charge is 0.467 e. The summed E-state index contributed by atoms with van der Waals surface area (Å²) in [4.78, 5) is 26.7. The first-order valence-electron chi connectivity index (χ1n) is 9.08. The topological polar surface area (TPSA) is 74.6 Å². The van der Waals surface area contributed by atoms with Crippen LogP contribution in [0.1, 0.15) is 26.0 Å². The van der Waals surface area contributed by atoms with Crippen LogP contribution in [0.5, 0.6) is 0 Å². The second-order valence-corrected chi connectivity index (χ2v) is 6.45. The molecule has 1 aliphatic carbocycles. The van der Waals surface area contributed by atoms with Gasteiger partial charge in [-0.25, -0.2) is 0 Å². The Kier molecular flexibility index (Phi) is 5.61. The molecule has 2 N–H and O–H groups in total. The maximum absolute atomic E-state index is 12.3. The van der Waals surface area contributed by atoms with Crippen LogP contribution in [-0.2, 0) is 16.1 Å². The van der Waals surface area contributed by atoms with Gasteiger partial charge in [0.2, 0.25) is 11.8 Å². The molecule has 0 bridgehead atoms. The number of nitrogens with zero attached hydrogens (tertiary/aromatic N) is 1. The van der Waals surface area contributed by atoms with E-state index in [2.05, 4.69) is 29.4 Å². The monoisotopic (exact) mass is 355 g/mol. The Morgan fingerprint density at radius 3 is 2.38 bits per heavy atom. The summed E-state index contributed by atoms with van der Waals surface area (Å²) < 4.78 is 5.18. The summed E-state index contributed by atoms with van der Waals surface area (Å²) in [5, 5.41) is 5.71. The number of carbonyl (C=O) groups is 2. The van der Waals surface area contributed by atoms with Crippen molar-refractivity contribution in [1.29, 1.82) is 0 Å². The molecule has 26 heavy (non-hydrogen) atoms. The Morgan fingerprint density at radius 2 is 1.77 bits per heavy atom. The maximum Gasteiger partial charge on any atom is 0.228 e. The predicted molar refractivity (Wildman–Crippen MR) is 101 cm³/mol. The van der Waals surface area contributed by atoms with Crippen molar-refractivity contribution >= 4 is 23.2 Å². The zero-order chi connectivity index (χ0) is 18.5. The van der Waals surface area contributed by atoms with Crippen molar-refractivity contribution in [1.82, 2.24) is 5.32 Å². The number of hydrogen-bond donors (Lipinski definition) is 2. The molecule has 1 heterocycles. The zero-order valence-electron chi connectivity index (χ0n) is 15.2. The number of amides is 2. The van der Waals surface area contributed by atoms with Crippen LogP contribution in [0, 0.1) is 11.8 Å². The highest BCUT2D eigenvalue weighted by Crippen LogP contribution is 2.39. The molecule has 1 aromatic carbocycles. The van der Waals surface area contributed by atoms with Crippen LogP contribution in [0.3, 0.4) is 0 Å². The molecule has 1 fully saturated rings. The summed E-state index contributed by atoms with van der Waals surface area (Å²) >= 11 is 0. The number of carbonyl (C=O) groups excluding carboxylic acids is 2. The van der Waals surface area contributed by atoms with E-state index in [9.17, 15) is 9.59 Å². The van der Waals surface area contributed by atoms with Gasteiger partial charge in [0.15, 0.2) is 0 Å². The average Bonchev–Trinajstić information content (AvgIpc) is 3.30. The Morgan fingerprint density at radius 1 is 1.08 bits per heavy atom. The minimum atomic E-state index is -0.256. The Labute approximate surface area is 153 Å². The van der Waals surface area contributed by atoms with Gasteiger partial charge in [0, 0.05) is 24.5 Å². The SMILES string of the molecule is CCN(CC)c1ccc(NC(=O)C2CC2C(=O)NCc2ccco2)cc1. The Bertz CT molecular complexity index is 736. The summed E-state index contributed by atoms with van der Waals surface area (Å²) in [6.07, 6.45) is 2.16. The number of rotatable bonds is 8. The lowest BCUT2D eigenvalue weighted by atomic mass is 10.2. The van der Waals surface area contributed by atoms with Gasteiger partial charge in [0.05, 0.1) is 24.6 Å². The third-order valence-electron chi connectivity index (χ3n) is 4.74. The molecular weight excluding hydrogens is 330 g/mol. The molecule has 0 radical (unpaired) electrons. The third-order valence-corrected chi connectivity index (χ3v) is 4.74. The number of hydrogen-bond acceptors (Lipinski definition) is 4. The minimum Gasteiger partial charge on any atom is -0.467 e. The number of furan rings is 1. The van der Waals surface area contributed by atoms with E-state index in [1.807, 2.05) is 24.3 Å². The lowest BCUT2D eigenvalue weighted by molar-refractivity contribution is -0.125. The fraction of sp³-hybridized carbons (Fsp3) is 0.400. The van der Waals surface area contributed by atoms with E-state index in [1.54, 1.807) is 18.4 Å². The van der Waals surface area contributed by atoms with Gasteiger partial charge in [-0.05, 0) is 56.7 Å². The molecule has 0 saturated heterocycles. The second kappa shape index (κ2) is 8.08. The minimum absolute atomic E-state index is 0.0984. The molecule has 1 aliphatic rings. The molecule has 2 amide bonds. The van der Waals surface area contributed by atoms with Crippen molar-refractivity contribution in [2.45, 2.75) is 26.8 Å². The van der Waals surface area contributed by atoms with Crippen LogP contribution in [0.25, 0.3) is 0 Å². The summed E-state index contributed by atoms with van der Waals surface area (Å²) in [6.45, 7) is 6.47. The predicted octanol–water partition coefficient (Wildman–Crippen LogP) is 3.02. The average molecular weight is 355 g/mol. The quantitative estimate of drug-likeness (QED) is 0.763. The van der Waals surface area contributed by atoms with Gasteiger partial charge in [0.1, 0.15) is 5.76 Å². The molecule has 138 valence electrons. The van der Waals surface area contributed by atoms with Crippen LogP contribution in [0.15, 0.2) is 47.1 Å². The van der Waals surface area contributed by atoms with Crippen LogP contribution in [-0.4, -0.2) is 24.9 Å². The first-order valence-corrected chi connectivity index (χ1v) is 9.08. The molecule has 1 aromatic heterocycles. The van der Waals surface area contributed by atoms with Crippen LogP contribution < -0.4 is 15.5 Å². The second-order valence-electron chi connectivity index (χ2n) is 6.45. The summed E-state index contributed by atoms with van der Waals surface area (Å²) in [7, 11) is 0. The van der Waals surface area contributed by atoms with E-state index in [1.165, 1.54) is 0 Å². The van der Waals surface area contributed by atoms with Gasteiger partial charge in [-0.2, -0.15) is 0 Å². The van der Waals surface area contributed by atoms with E-state index in [0.29, 0.717) is 18.7 Å². The fourth-order valence-corrected chi connectivity index (χ4v) is 3.07. The number of nitrogens with one attached hydrogen (secondary N) is 2. The van der Waals surface area contributed by atoms with Crippen molar-refractivity contribution in [3.05, 3.63) is 48.4 Å². The maximum atomic E-state index is 12.3. The molecule has 0 spiro atoms. The summed E-state index contributed by atoms with van der Waals surface area (Å²) in [6, 6.07) is 11.4. The summed E-state index contributed by atoms with van der Waals surface area (Å²) in [5.74, 6) is -0.000526. The van der Waals surface area contributed by atoms with Gasteiger partial charge >= 0.3 is 0 Å². The highest BCUT2D eigenvalue weighted by atomic mass is 16.3. The first kappa shape index (κ1) is 18.0. The van der Waals surface area contributed by atoms with Gasteiger partial charge < -0.3 is 20.0 Å². The van der Waals surface area contributed by atoms with Crippen LogP contribution >= 0.6 is 0 Å². The van der Waals surface area contributed by atoms with Crippen molar-refractivity contribution in [3.8, 4) is 0 Å². The van der Waals surface area contributed by atoms with Crippen molar-refractivity contribution < 1.29 is 14.0 Å². The van der Waals surface area contributed by atoms with E-state index in [0.717, 1.165) is 24.5 Å². The molecular formula is C20H25N3O3. The van der Waals surface area contributed by atoms with E-state index in [4.69, 9.17) is 4.42 Å². The zero-order valence-corrected chi connectivity index (χ0v) is 15.2. The third kappa shape index (κ3) is 4.25. The fourth-order valence-electron chi connectivity index (χ4n) is 3.07. The highest BCUT2D eigenvalue weighted by molar-refractivity contribution is 5.99. The van der Waals surface area contributed by atoms with Crippen LogP contribution in [0.4, 0.5) is 11.4 Å². The lowest BCUT2D eigenvalue weighted by Gasteiger charge is -2.21. The van der Waals surface area contributed by atoms with Crippen molar-refractivity contribution in [3.63, 3.8) is 0 Å². The number of benzene rings is 1. The first-order chi connectivity index (χ1) is 12.6. The molecule has 0 aliphatic heterocycles. The Balaban J connectivity index is 1.47. The number of anilines is 2. The van der Waals surface area contributed by atoms with Crippen molar-refractivity contribution in [2.24, 2.45) is 11.8 Å². The molecule has 2 aromatic rings. The van der Waals surface area contributed by atoms with Crippen LogP contribution in [0.2, 0.25) is 0 Å². The van der Waals surface area contributed by atoms with Gasteiger partial charge in [-0.1, -0.05) is 0 Å². The standard InChI is InChI=1S/C20H25N3O3/c1-3-23(4-2)15-9-7-14(8-10-15)22-20(25)18-12-17(18)19(24)21-13-16-6-5-11-26-16/h5-11,17-18H,3-4,12-13H2,1-2H3,(H,21,24)(H,22,25). The molecule has 2 atom stereocenters. The smallest absolute Gasteiger partial charge is 0.228 e. The van der Waals surface area contributed by atoms with E-state index >= 15 is 0 Å². The van der Waals surface area contributed by atoms with E-state index < -0.39 is 0 Å². The molecule has 1 saturated carbocycles. The van der Waals surface area contributed by atoms with Gasteiger partial charge in [-0.3, -0.25) is 9.59 Å². The normalized spacial score (nSPS) is 18.2. The Hall–Kier alpha value is -2.76. The molecule has 6 heteroatoms. The van der Waals surface area contributed by atoms with Gasteiger partial charge in [-0.15, -0.1) is 0 Å². The molecule has 6 nitrogen and oxygen atoms in total. The highest BCUT2D eigenvalue weighted by Gasteiger charge is 2.47.